The third-order valence-electron chi connectivity index (χ3n) is 5.38. The summed E-state index contributed by atoms with van der Waals surface area (Å²) in [6.45, 7) is 0.306. The van der Waals surface area contributed by atoms with Gasteiger partial charge in [-0.2, -0.15) is 0 Å². The van der Waals surface area contributed by atoms with Crippen molar-refractivity contribution in [2.24, 2.45) is 5.73 Å². The Morgan fingerprint density at radius 3 is 2.83 bits per heavy atom. The number of benzene rings is 1. The molecule has 4 amide bonds. The number of hydrogen-bond acceptors (Lipinski definition) is 5. The second kappa shape index (κ2) is 7.90. The highest BCUT2D eigenvalue weighted by atomic mass is 16.2. The Balaban J connectivity index is 1.55. The summed E-state index contributed by atoms with van der Waals surface area (Å²) in [5, 5.41) is 2.31. The van der Waals surface area contributed by atoms with Gasteiger partial charge in [0.1, 0.15) is 11.7 Å². The highest BCUT2D eigenvalue weighted by Gasteiger charge is 2.39. The molecule has 0 aliphatic carbocycles. The van der Waals surface area contributed by atoms with E-state index in [-0.39, 0.29) is 23.9 Å². The lowest BCUT2D eigenvalue weighted by Gasteiger charge is -2.29. The average Bonchev–Trinajstić information content (AvgIpc) is 3.06. The van der Waals surface area contributed by atoms with Gasteiger partial charge in [-0.3, -0.25) is 29.5 Å². The number of amides is 4. The van der Waals surface area contributed by atoms with Crippen LogP contribution in [0, 0.1) is 0 Å². The van der Waals surface area contributed by atoms with Crippen molar-refractivity contribution in [3.8, 4) is 0 Å². The molecule has 1 unspecified atom stereocenters. The Labute approximate surface area is 172 Å². The number of pyridine rings is 1. The van der Waals surface area contributed by atoms with Crippen LogP contribution < -0.4 is 11.1 Å². The number of imide groups is 1. The van der Waals surface area contributed by atoms with E-state index in [1.165, 1.54) is 11.1 Å². The first kappa shape index (κ1) is 19.5. The van der Waals surface area contributed by atoms with E-state index >= 15 is 0 Å². The van der Waals surface area contributed by atoms with Crippen LogP contribution in [0.2, 0.25) is 0 Å². The lowest BCUT2D eigenvalue weighted by atomic mass is 10.0. The summed E-state index contributed by atoms with van der Waals surface area (Å²) in [7, 11) is 0. The van der Waals surface area contributed by atoms with Gasteiger partial charge in [0.25, 0.3) is 11.8 Å². The second-order valence-corrected chi connectivity index (χ2v) is 7.26. The Morgan fingerprint density at radius 2 is 2.07 bits per heavy atom. The Kier molecular flexibility index (Phi) is 5.14. The van der Waals surface area contributed by atoms with Crippen molar-refractivity contribution in [2.45, 2.75) is 31.8 Å². The van der Waals surface area contributed by atoms with E-state index in [1.54, 1.807) is 24.3 Å². The normalized spacial score (nSPS) is 18.6. The molecule has 1 aromatic carbocycles. The van der Waals surface area contributed by atoms with Crippen LogP contribution in [0.1, 0.15) is 50.4 Å². The van der Waals surface area contributed by atoms with Gasteiger partial charge in [0.2, 0.25) is 11.8 Å². The zero-order valence-corrected chi connectivity index (χ0v) is 16.1. The molecule has 1 atom stereocenters. The molecule has 1 saturated heterocycles. The van der Waals surface area contributed by atoms with E-state index in [0.717, 1.165) is 16.7 Å². The minimum absolute atomic E-state index is 0.210. The molecule has 30 heavy (non-hydrogen) atoms. The fraction of sp³-hybridized carbons (Fsp3) is 0.227. The number of hydrogen-bond donors (Lipinski definition) is 2. The van der Waals surface area contributed by atoms with Crippen molar-refractivity contribution in [2.75, 3.05) is 0 Å². The summed E-state index contributed by atoms with van der Waals surface area (Å²) in [5.74, 6) is -1.53. The summed E-state index contributed by atoms with van der Waals surface area (Å²) in [4.78, 5) is 53.5. The van der Waals surface area contributed by atoms with Crippen molar-refractivity contribution in [3.63, 3.8) is 0 Å². The number of carbonyl (C=O) groups is 4. The number of piperidine rings is 1. The van der Waals surface area contributed by atoms with Crippen LogP contribution in [-0.2, 0) is 22.6 Å². The highest BCUT2D eigenvalue weighted by Crippen LogP contribution is 2.30. The van der Waals surface area contributed by atoms with Crippen molar-refractivity contribution >= 4 is 29.7 Å². The standard InChI is InChI=1S/C22H20N4O4/c23-20(28)19-14(7-3-11-24-19)6-1-4-13-5-2-8-15-16(13)12-26(22(15)30)17-9-10-18(27)25-21(17)29/h1-5,7-8,11,17H,6,9-10,12H2,(H2,23,28)(H,25,27,29). The average molecular weight is 404 g/mol. The van der Waals surface area contributed by atoms with E-state index < -0.39 is 17.9 Å². The van der Waals surface area contributed by atoms with Gasteiger partial charge in [-0.25, -0.2) is 0 Å². The van der Waals surface area contributed by atoms with Crippen LogP contribution in [0.15, 0.2) is 42.6 Å². The Bertz CT molecular complexity index is 1090. The lowest BCUT2D eigenvalue weighted by Crippen LogP contribution is -2.52. The molecule has 3 N–H and O–H groups in total. The fourth-order valence-corrected chi connectivity index (χ4v) is 3.90. The molecule has 0 spiro atoms. The summed E-state index contributed by atoms with van der Waals surface area (Å²) >= 11 is 0. The zero-order chi connectivity index (χ0) is 21.3. The molecule has 0 radical (unpaired) electrons. The van der Waals surface area contributed by atoms with Crippen LogP contribution in [0.25, 0.3) is 6.08 Å². The number of carbonyl (C=O) groups excluding carboxylic acids is 4. The molecule has 1 fully saturated rings. The molecular formula is C22H20N4O4. The predicted octanol–water partition coefficient (Wildman–Crippen LogP) is 1.20. The van der Waals surface area contributed by atoms with Gasteiger partial charge >= 0.3 is 0 Å². The molecule has 2 aromatic rings. The number of nitrogens with one attached hydrogen (secondary N) is 1. The minimum Gasteiger partial charge on any atom is -0.364 e. The largest absolute Gasteiger partial charge is 0.364 e. The third kappa shape index (κ3) is 3.59. The first-order valence-corrected chi connectivity index (χ1v) is 9.62. The van der Waals surface area contributed by atoms with Crippen LogP contribution in [0.3, 0.4) is 0 Å². The predicted molar refractivity (Wildman–Crippen MR) is 108 cm³/mol. The van der Waals surface area contributed by atoms with E-state index in [0.29, 0.717) is 24.9 Å². The Morgan fingerprint density at radius 1 is 1.23 bits per heavy atom. The summed E-state index contributed by atoms with van der Waals surface area (Å²) in [5.41, 5.74) is 8.58. The van der Waals surface area contributed by atoms with Gasteiger partial charge in [-0.15, -0.1) is 0 Å². The first-order valence-electron chi connectivity index (χ1n) is 9.62. The second-order valence-electron chi connectivity index (χ2n) is 7.26. The number of nitrogens with two attached hydrogens (primary N) is 1. The van der Waals surface area contributed by atoms with Gasteiger partial charge in [0.15, 0.2) is 0 Å². The highest BCUT2D eigenvalue weighted by molar-refractivity contribution is 6.05. The quantitative estimate of drug-likeness (QED) is 0.725. The summed E-state index contributed by atoms with van der Waals surface area (Å²) in [6, 6.07) is 8.33. The van der Waals surface area contributed by atoms with Gasteiger partial charge in [-0.05, 0) is 41.7 Å². The zero-order valence-electron chi connectivity index (χ0n) is 16.1. The maximum absolute atomic E-state index is 12.9. The van der Waals surface area contributed by atoms with Gasteiger partial charge in [0.05, 0.1) is 0 Å². The Hall–Kier alpha value is -3.81. The molecule has 8 heteroatoms. The van der Waals surface area contributed by atoms with E-state index in [1.807, 2.05) is 18.2 Å². The molecule has 152 valence electrons. The number of rotatable bonds is 5. The summed E-state index contributed by atoms with van der Waals surface area (Å²) < 4.78 is 0. The molecule has 8 nitrogen and oxygen atoms in total. The molecule has 2 aliphatic rings. The maximum Gasteiger partial charge on any atom is 0.267 e. The third-order valence-corrected chi connectivity index (χ3v) is 5.38. The number of nitrogens with zero attached hydrogens (tertiary/aromatic N) is 2. The maximum atomic E-state index is 12.9. The van der Waals surface area contributed by atoms with Gasteiger partial charge in [0, 0.05) is 24.7 Å². The van der Waals surface area contributed by atoms with Crippen molar-refractivity contribution in [1.29, 1.82) is 0 Å². The molecule has 4 rings (SSSR count). The van der Waals surface area contributed by atoms with Crippen LogP contribution >= 0.6 is 0 Å². The molecule has 2 aliphatic heterocycles. The van der Waals surface area contributed by atoms with Crippen molar-refractivity contribution < 1.29 is 19.2 Å². The molecule has 1 aromatic heterocycles. The topological polar surface area (TPSA) is 122 Å². The van der Waals surface area contributed by atoms with Crippen molar-refractivity contribution in [3.05, 3.63) is 70.6 Å². The number of fused-ring (bicyclic) bond motifs is 1. The fourth-order valence-electron chi connectivity index (χ4n) is 3.90. The summed E-state index contributed by atoms with van der Waals surface area (Å²) in [6.07, 6.45) is 6.30. The molecule has 3 heterocycles. The van der Waals surface area contributed by atoms with Crippen LogP contribution in [0.5, 0.6) is 0 Å². The van der Waals surface area contributed by atoms with Crippen LogP contribution in [0.4, 0.5) is 0 Å². The number of primary amides is 1. The van der Waals surface area contributed by atoms with E-state index in [9.17, 15) is 19.2 Å². The molecule has 0 saturated carbocycles. The lowest BCUT2D eigenvalue weighted by molar-refractivity contribution is -0.136. The van der Waals surface area contributed by atoms with Gasteiger partial charge < -0.3 is 10.6 Å². The van der Waals surface area contributed by atoms with E-state index in [4.69, 9.17) is 5.73 Å². The first-order chi connectivity index (χ1) is 14.5. The molecule has 0 bridgehead atoms. The van der Waals surface area contributed by atoms with Gasteiger partial charge in [-0.1, -0.05) is 30.4 Å². The van der Waals surface area contributed by atoms with Crippen LogP contribution in [-0.4, -0.2) is 39.6 Å². The number of aromatic nitrogens is 1. The van der Waals surface area contributed by atoms with Crippen molar-refractivity contribution in [1.82, 2.24) is 15.2 Å². The smallest absolute Gasteiger partial charge is 0.267 e. The monoisotopic (exact) mass is 404 g/mol. The minimum atomic E-state index is -0.645. The SMILES string of the molecule is NC(=O)c1ncccc1CC=Cc1cccc2c1CN(C1CCC(=O)NC1=O)C2=O. The number of allylic oxidation sites excluding steroid dienone is 1. The molecular weight excluding hydrogens is 384 g/mol. The van der Waals surface area contributed by atoms with E-state index in [2.05, 4.69) is 10.3 Å².